The highest BCUT2D eigenvalue weighted by atomic mass is 19.1. The van der Waals surface area contributed by atoms with E-state index < -0.39 is 22.5 Å². The Balaban J connectivity index is 2.10. The highest BCUT2D eigenvalue weighted by Gasteiger charge is 2.20. The molecule has 7 nitrogen and oxygen atoms in total. The largest absolute Gasteiger partial charge is 0.494 e. The second-order valence-corrected chi connectivity index (χ2v) is 4.45. The lowest BCUT2D eigenvalue weighted by Crippen LogP contribution is -2.14. The lowest BCUT2D eigenvalue weighted by Gasteiger charge is -2.11. The van der Waals surface area contributed by atoms with Crippen molar-refractivity contribution < 1.29 is 23.6 Å². The van der Waals surface area contributed by atoms with Crippen molar-refractivity contribution in [1.29, 1.82) is 0 Å². The zero-order valence-corrected chi connectivity index (χ0v) is 12.1. The summed E-state index contributed by atoms with van der Waals surface area (Å²) in [6, 6.07) is 10.7. The van der Waals surface area contributed by atoms with Gasteiger partial charge < -0.3 is 9.47 Å². The summed E-state index contributed by atoms with van der Waals surface area (Å²) >= 11 is 0. The van der Waals surface area contributed by atoms with Crippen LogP contribution in [0.25, 0.3) is 0 Å². The third kappa shape index (κ3) is 4.16. The van der Waals surface area contributed by atoms with E-state index in [-0.39, 0.29) is 18.0 Å². The van der Waals surface area contributed by atoms with Crippen molar-refractivity contribution in [2.45, 2.75) is 6.61 Å². The molecular formula is C15H13FN2O5. The first-order valence-electron chi connectivity index (χ1n) is 6.51. The fourth-order valence-corrected chi connectivity index (χ4v) is 1.82. The van der Waals surface area contributed by atoms with Crippen LogP contribution in [0.5, 0.6) is 5.75 Å². The third-order valence-electron chi connectivity index (χ3n) is 2.92. The Morgan fingerprint density at radius 3 is 2.61 bits per heavy atom. The Labute approximate surface area is 130 Å². The summed E-state index contributed by atoms with van der Waals surface area (Å²) in [4.78, 5) is 21.6. The number of amides is 1. The van der Waals surface area contributed by atoms with E-state index in [4.69, 9.17) is 9.47 Å². The molecule has 1 amide bonds. The van der Waals surface area contributed by atoms with Gasteiger partial charge in [0.05, 0.1) is 17.7 Å². The van der Waals surface area contributed by atoms with Gasteiger partial charge in [-0.2, -0.15) is 4.39 Å². The molecule has 8 heteroatoms. The molecule has 0 saturated carbocycles. The number of rotatable bonds is 5. The predicted molar refractivity (Wildman–Crippen MR) is 79.9 cm³/mol. The van der Waals surface area contributed by atoms with Gasteiger partial charge in [0.25, 0.3) is 0 Å². The molecule has 0 radical (unpaired) electrons. The molecule has 0 heterocycles. The Bertz CT molecular complexity index is 721. The number of nitrogens with one attached hydrogen (secondary N) is 1. The summed E-state index contributed by atoms with van der Waals surface area (Å²) < 4.78 is 23.4. The maximum Gasteiger partial charge on any atom is 0.412 e. The van der Waals surface area contributed by atoms with Crippen molar-refractivity contribution in [1.82, 2.24) is 0 Å². The average molecular weight is 320 g/mol. The molecule has 0 bridgehead atoms. The first-order valence-corrected chi connectivity index (χ1v) is 6.51. The number of methoxy groups -OCH3 is 1. The fraction of sp³-hybridized carbons (Fsp3) is 0.133. The number of halogens is 1. The zero-order valence-electron chi connectivity index (χ0n) is 12.1. The molecule has 0 atom stereocenters. The van der Waals surface area contributed by atoms with E-state index in [0.717, 1.165) is 17.7 Å². The minimum atomic E-state index is -1.06. The first kappa shape index (κ1) is 16.2. The lowest BCUT2D eigenvalue weighted by atomic mass is 10.2. The number of nitro benzene ring substituents is 1. The van der Waals surface area contributed by atoms with Gasteiger partial charge in [-0.15, -0.1) is 0 Å². The minimum Gasteiger partial charge on any atom is -0.494 e. The standard InChI is InChI=1S/C15H13FN2O5/c1-22-14-7-11(16)13(18(20)21)8-12(14)17-15(19)23-9-10-5-3-2-4-6-10/h2-8H,9H2,1H3,(H,17,19). The minimum absolute atomic E-state index is 0.0261. The summed E-state index contributed by atoms with van der Waals surface area (Å²) in [5.41, 5.74) is -0.0532. The predicted octanol–water partition coefficient (Wildman–Crippen LogP) is 3.49. The summed E-state index contributed by atoms with van der Waals surface area (Å²) in [7, 11) is 1.25. The van der Waals surface area contributed by atoms with Crippen molar-refractivity contribution in [3.8, 4) is 5.75 Å². The smallest absolute Gasteiger partial charge is 0.412 e. The Kier molecular flexibility index (Phi) is 5.08. The molecule has 0 fully saturated rings. The van der Waals surface area contributed by atoms with Gasteiger partial charge in [0.1, 0.15) is 12.4 Å². The Morgan fingerprint density at radius 2 is 2.00 bits per heavy atom. The molecule has 0 aliphatic heterocycles. The topological polar surface area (TPSA) is 90.7 Å². The van der Waals surface area contributed by atoms with Crippen molar-refractivity contribution in [2.75, 3.05) is 12.4 Å². The van der Waals surface area contributed by atoms with Crippen LogP contribution in [0, 0.1) is 15.9 Å². The molecular weight excluding hydrogens is 307 g/mol. The zero-order chi connectivity index (χ0) is 16.8. The van der Waals surface area contributed by atoms with E-state index in [9.17, 15) is 19.3 Å². The maximum atomic E-state index is 13.5. The summed E-state index contributed by atoms with van der Waals surface area (Å²) in [6.07, 6.45) is -0.840. The second kappa shape index (κ2) is 7.21. The van der Waals surface area contributed by atoms with Crippen LogP contribution in [0.2, 0.25) is 0 Å². The highest BCUT2D eigenvalue weighted by Crippen LogP contribution is 2.31. The fourth-order valence-electron chi connectivity index (χ4n) is 1.82. The van der Waals surface area contributed by atoms with Crippen molar-refractivity contribution in [3.63, 3.8) is 0 Å². The number of nitrogens with zero attached hydrogens (tertiary/aromatic N) is 1. The number of benzene rings is 2. The van der Waals surface area contributed by atoms with E-state index in [0.29, 0.717) is 0 Å². The summed E-state index contributed by atoms with van der Waals surface area (Å²) in [6.45, 7) is 0.0261. The number of hydrogen-bond acceptors (Lipinski definition) is 5. The number of hydrogen-bond donors (Lipinski definition) is 1. The lowest BCUT2D eigenvalue weighted by molar-refractivity contribution is -0.387. The van der Waals surface area contributed by atoms with E-state index in [2.05, 4.69) is 5.32 Å². The summed E-state index contributed by atoms with van der Waals surface area (Å²) in [5.74, 6) is -1.11. The van der Waals surface area contributed by atoms with E-state index in [1.54, 1.807) is 24.3 Å². The molecule has 1 N–H and O–H groups in total. The second-order valence-electron chi connectivity index (χ2n) is 4.45. The molecule has 0 spiro atoms. The van der Waals surface area contributed by atoms with Gasteiger partial charge in [0.2, 0.25) is 5.82 Å². The molecule has 2 rings (SSSR count). The van der Waals surface area contributed by atoms with Gasteiger partial charge >= 0.3 is 11.8 Å². The van der Waals surface area contributed by atoms with Gasteiger partial charge in [-0.1, -0.05) is 30.3 Å². The first-order chi connectivity index (χ1) is 11.0. The molecule has 0 saturated heterocycles. The van der Waals surface area contributed by atoms with Crippen molar-refractivity contribution in [2.24, 2.45) is 0 Å². The van der Waals surface area contributed by atoms with Crippen LogP contribution in [-0.4, -0.2) is 18.1 Å². The molecule has 0 aromatic heterocycles. The maximum absolute atomic E-state index is 13.5. The van der Waals surface area contributed by atoms with Gasteiger partial charge in [0, 0.05) is 12.1 Å². The molecule has 120 valence electrons. The quantitative estimate of drug-likeness (QED) is 0.672. The van der Waals surface area contributed by atoms with Crippen LogP contribution in [0.3, 0.4) is 0 Å². The summed E-state index contributed by atoms with van der Waals surface area (Å²) in [5, 5.41) is 13.0. The van der Waals surface area contributed by atoms with E-state index in [1.165, 1.54) is 7.11 Å². The number of ether oxygens (including phenoxy) is 2. The van der Waals surface area contributed by atoms with Crippen LogP contribution in [-0.2, 0) is 11.3 Å². The number of anilines is 1. The van der Waals surface area contributed by atoms with Crippen LogP contribution in [0.4, 0.5) is 20.6 Å². The Hall–Kier alpha value is -3.16. The van der Waals surface area contributed by atoms with Crippen LogP contribution < -0.4 is 10.1 Å². The normalized spacial score (nSPS) is 10.0. The molecule has 2 aromatic carbocycles. The van der Waals surface area contributed by atoms with E-state index >= 15 is 0 Å². The van der Waals surface area contributed by atoms with Gasteiger partial charge in [-0.3, -0.25) is 15.4 Å². The molecule has 0 aliphatic carbocycles. The van der Waals surface area contributed by atoms with Crippen molar-refractivity contribution >= 4 is 17.5 Å². The van der Waals surface area contributed by atoms with Gasteiger partial charge in [0.15, 0.2) is 0 Å². The van der Waals surface area contributed by atoms with Crippen LogP contribution in [0.15, 0.2) is 42.5 Å². The SMILES string of the molecule is COc1cc(F)c([N+](=O)[O-])cc1NC(=O)OCc1ccccc1. The van der Waals surface area contributed by atoms with Gasteiger partial charge in [-0.25, -0.2) is 4.79 Å². The Morgan fingerprint density at radius 1 is 1.30 bits per heavy atom. The molecule has 0 unspecified atom stereocenters. The molecule has 23 heavy (non-hydrogen) atoms. The third-order valence-corrected chi connectivity index (χ3v) is 2.92. The van der Waals surface area contributed by atoms with Crippen LogP contribution >= 0.6 is 0 Å². The number of nitro groups is 1. The van der Waals surface area contributed by atoms with Crippen LogP contribution in [0.1, 0.15) is 5.56 Å². The molecule has 2 aromatic rings. The average Bonchev–Trinajstić information content (AvgIpc) is 2.55. The number of carbonyl (C=O) groups excluding carboxylic acids is 1. The number of carbonyl (C=O) groups is 1. The monoisotopic (exact) mass is 320 g/mol. The van der Waals surface area contributed by atoms with Crippen molar-refractivity contribution in [3.05, 3.63) is 64.0 Å². The van der Waals surface area contributed by atoms with Gasteiger partial charge in [-0.05, 0) is 5.56 Å². The highest BCUT2D eigenvalue weighted by molar-refractivity contribution is 5.87. The van der Waals surface area contributed by atoms with E-state index in [1.807, 2.05) is 6.07 Å². The molecule has 0 aliphatic rings.